The highest BCUT2D eigenvalue weighted by Crippen LogP contribution is 2.38. The third kappa shape index (κ3) is 3.31. The van der Waals surface area contributed by atoms with Gasteiger partial charge in [-0.3, -0.25) is 9.88 Å². The Kier molecular flexibility index (Phi) is 4.52. The SMILES string of the molecule is Cc1ccsc1CN1C[C@H]2C[C@@H](Nc3cnccn3)[C@H](O)C[C@H]2C1. The van der Waals surface area contributed by atoms with Crippen LogP contribution < -0.4 is 5.32 Å². The zero-order valence-corrected chi connectivity index (χ0v) is 14.7. The molecule has 1 saturated carbocycles. The Morgan fingerprint density at radius 3 is 2.83 bits per heavy atom. The Morgan fingerprint density at radius 2 is 2.12 bits per heavy atom. The molecule has 128 valence electrons. The van der Waals surface area contributed by atoms with Crippen LogP contribution in [0.2, 0.25) is 0 Å². The van der Waals surface area contributed by atoms with E-state index in [1.807, 2.05) is 11.3 Å². The summed E-state index contributed by atoms with van der Waals surface area (Å²) in [5, 5.41) is 16.1. The maximum absolute atomic E-state index is 10.5. The second-order valence-electron chi connectivity index (χ2n) is 7.12. The van der Waals surface area contributed by atoms with Gasteiger partial charge in [-0.15, -0.1) is 11.3 Å². The fourth-order valence-electron chi connectivity index (χ4n) is 4.14. The van der Waals surface area contributed by atoms with Gasteiger partial charge in [-0.1, -0.05) is 0 Å². The van der Waals surface area contributed by atoms with Crippen LogP contribution in [0.5, 0.6) is 0 Å². The van der Waals surface area contributed by atoms with E-state index in [9.17, 15) is 5.11 Å². The molecule has 0 radical (unpaired) electrons. The van der Waals surface area contributed by atoms with E-state index < -0.39 is 0 Å². The van der Waals surface area contributed by atoms with Crippen molar-refractivity contribution < 1.29 is 5.11 Å². The number of hydrogen-bond acceptors (Lipinski definition) is 6. The first kappa shape index (κ1) is 16.0. The van der Waals surface area contributed by atoms with Crippen molar-refractivity contribution in [3.8, 4) is 0 Å². The third-order valence-corrected chi connectivity index (χ3v) is 6.46. The fourth-order valence-corrected chi connectivity index (χ4v) is 5.09. The second kappa shape index (κ2) is 6.78. The average Bonchev–Trinajstić information content (AvgIpc) is 3.15. The summed E-state index contributed by atoms with van der Waals surface area (Å²) in [5.74, 6) is 2.02. The van der Waals surface area contributed by atoms with E-state index >= 15 is 0 Å². The largest absolute Gasteiger partial charge is 0.391 e. The molecule has 1 saturated heterocycles. The topological polar surface area (TPSA) is 61.3 Å². The van der Waals surface area contributed by atoms with Crippen molar-refractivity contribution in [1.82, 2.24) is 14.9 Å². The number of anilines is 1. The van der Waals surface area contributed by atoms with Crippen molar-refractivity contribution in [1.29, 1.82) is 0 Å². The predicted molar refractivity (Wildman–Crippen MR) is 96.0 cm³/mol. The van der Waals surface area contributed by atoms with E-state index in [2.05, 4.69) is 38.6 Å². The Bertz CT molecular complexity index is 677. The van der Waals surface area contributed by atoms with Gasteiger partial charge in [-0.2, -0.15) is 0 Å². The smallest absolute Gasteiger partial charge is 0.144 e. The van der Waals surface area contributed by atoms with Gasteiger partial charge in [0.25, 0.3) is 0 Å². The van der Waals surface area contributed by atoms with E-state index in [4.69, 9.17) is 0 Å². The lowest BCUT2D eigenvalue weighted by Crippen LogP contribution is -2.43. The normalized spacial score (nSPS) is 30.2. The molecule has 6 heteroatoms. The second-order valence-corrected chi connectivity index (χ2v) is 8.12. The lowest BCUT2D eigenvalue weighted by atomic mass is 9.77. The zero-order chi connectivity index (χ0) is 16.5. The number of fused-ring (bicyclic) bond motifs is 1. The van der Waals surface area contributed by atoms with Crippen LogP contribution >= 0.6 is 11.3 Å². The van der Waals surface area contributed by atoms with Crippen LogP contribution in [0.3, 0.4) is 0 Å². The lowest BCUT2D eigenvalue weighted by Gasteiger charge is -2.35. The lowest BCUT2D eigenvalue weighted by molar-refractivity contribution is 0.0735. The molecule has 0 amide bonds. The van der Waals surface area contributed by atoms with Gasteiger partial charge >= 0.3 is 0 Å². The van der Waals surface area contributed by atoms with Crippen LogP contribution in [-0.4, -0.2) is 45.2 Å². The minimum absolute atomic E-state index is 0.0753. The minimum Gasteiger partial charge on any atom is -0.391 e. The summed E-state index contributed by atoms with van der Waals surface area (Å²) < 4.78 is 0. The molecule has 0 unspecified atom stereocenters. The highest BCUT2D eigenvalue weighted by Gasteiger charge is 2.41. The summed E-state index contributed by atoms with van der Waals surface area (Å²) in [5.41, 5.74) is 1.40. The summed E-state index contributed by atoms with van der Waals surface area (Å²) in [4.78, 5) is 12.4. The maximum Gasteiger partial charge on any atom is 0.144 e. The molecule has 24 heavy (non-hydrogen) atoms. The van der Waals surface area contributed by atoms with Crippen LogP contribution in [-0.2, 0) is 6.54 Å². The molecule has 4 atom stereocenters. The number of aryl methyl sites for hydroxylation is 1. The quantitative estimate of drug-likeness (QED) is 0.892. The number of rotatable bonds is 4. The highest BCUT2D eigenvalue weighted by atomic mass is 32.1. The summed E-state index contributed by atoms with van der Waals surface area (Å²) in [6.45, 7) is 5.48. The van der Waals surface area contributed by atoms with Crippen LogP contribution in [0.1, 0.15) is 23.3 Å². The summed E-state index contributed by atoms with van der Waals surface area (Å²) in [7, 11) is 0. The first-order valence-corrected chi connectivity index (χ1v) is 9.53. The van der Waals surface area contributed by atoms with Crippen molar-refractivity contribution in [3.05, 3.63) is 40.5 Å². The Morgan fingerprint density at radius 1 is 1.29 bits per heavy atom. The maximum atomic E-state index is 10.5. The third-order valence-electron chi connectivity index (χ3n) is 5.45. The molecule has 0 spiro atoms. The first-order valence-electron chi connectivity index (χ1n) is 8.65. The summed E-state index contributed by atoms with van der Waals surface area (Å²) in [6, 6.07) is 2.28. The molecular formula is C18H24N4OS. The molecule has 0 aromatic carbocycles. The molecule has 2 fully saturated rings. The van der Waals surface area contributed by atoms with E-state index in [-0.39, 0.29) is 12.1 Å². The molecule has 4 rings (SSSR count). The predicted octanol–water partition coefficient (Wildman–Crippen LogP) is 2.53. The van der Waals surface area contributed by atoms with E-state index in [0.29, 0.717) is 11.8 Å². The Hall–Kier alpha value is -1.50. The number of nitrogens with one attached hydrogen (secondary N) is 1. The van der Waals surface area contributed by atoms with Gasteiger partial charge in [0.05, 0.1) is 18.3 Å². The molecule has 0 bridgehead atoms. The monoisotopic (exact) mass is 344 g/mol. The Balaban J connectivity index is 1.38. The number of aliphatic hydroxyl groups excluding tert-OH is 1. The molecular weight excluding hydrogens is 320 g/mol. The summed E-state index contributed by atoms with van der Waals surface area (Å²) >= 11 is 1.85. The van der Waals surface area contributed by atoms with Gasteiger partial charge in [0, 0.05) is 36.9 Å². The van der Waals surface area contributed by atoms with Crippen molar-refractivity contribution in [2.75, 3.05) is 18.4 Å². The number of thiophene rings is 1. The van der Waals surface area contributed by atoms with E-state index in [1.54, 1.807) is 18.6 Å². The van der Waals surface area contributed by atoms with Crippen molar-refractivity contribution in [2.45, 2.75) is 38.5 Å². The standard InChI is InChI=1S/C18H24N4OS/c1-12-2-5-24-17(12)11-22-9-13-6-15(16(23)7-14(13)10-22)21-18-8-19-3-4-20-18/h2-5,8,13-16,23H,6-7,9-11H2,1H3,(H,20,21)/t13-,14+,15-,16-/m1/s1. The number of aliphatic hydroxyl groups is 1. The summed E-state index contributed by atoms with van der Waals surface area (Å²) in [6.07, 6.45) is 6.64. The van der Waals surface area contributed by atoms with Crippen molar-refractivity contribution in [3.63, 3.8) is 0 Å². The molecule has 5 nitrogen and oxygen atoms in total. The first-order chi connectivity index (χ1) is 11.7. The van der Waals surface area contributed by atoms with Crippen molar-refractivity contribution in [2.24, 2.45) is 11.8 Å². The average molecular weight is 344 g/mol. The van der Waals surface area contributed by atoms with Gasteiger partial charge < -0.3 is 10.4 Å². The Labute approximate surface area is 146 Å². The van der Waals surface area contributed by atoms with Crippen molar-refractivity contribution >= 4 is 17.2 Å². The van der Waals surface area contributed by atoms with Crippen LogP contribution in [0, 0.1) is 18.8 Å². The molecule has 2 N–H and O–H groups in total. The van der Waals surface area contributed by atoms with Gasteiger partial charge in [0.2, 0.25) is 0 Å². The molecule has 3 heterocycles. The van der Waals surface area contributed by atoms with Gasteiger partial charge in [0.1, 0.15) is 5.82 Å². The zero-order valence-electron chi connectivity index (χ0n) is 13.9. The van der Waals surface area contributed by atoms with Gasteiger partial charge in [-0.25, -0.2) is 4.98 Å². The number of likely N-dealkylation sites (tertiary alicyclic amines) is 1. The van der Waals surface area contributed by atoms with Crippen LogP contribution in [0.25, 0.3) is 0 Å². The highest BCUT2D eigenvalue weighted by molar-refractivity contribution is 7.10. The van der Waals surface area contributed by atoms with E-state index in [0.717, 1.165) is 38.3 Å². The van der Waals surface area contributed by atoms with Gasteiger partial charge in [0.15, 0.2) is 0 Å². The van der Waals surface area contributed by atoms with E-state index in [1.165, 1.54) is 10.4 Å². The molecule has 2 aliphatic rings. The van der Waals surface area contributed by atoms with Crippen LogP contribution in [0.4, 0.5) is 5.82 Å². The molecule has 2 aromatic rings. The fraction of sp³-hybridized carbons (Fsp3) is 0.556. The van der Waals surface area contributed by atoms with Gasteiger partial charge in [-0.05, 0) is 48.6 Å². The van der Waals surface area contributed by atoms with Crippen LogP contribution in [0.15, 0.2) is 30.0 Å². The molecule has 2 aromatic heterocycles. The minimum atomic E-state index is -0.309. The molecule has 1 aliphatic heterocycles. The number of hydrogen-bond donors (Lipinski definition) is 2. The number of aromatic nitrogens is 2. The number of nitrogens with zero attached hydrogens (tertiary/aromatic N) is 3. The molecule has 1 aliphatic carbocycles.